The molecule has 1 aliphatic heterocycles. The van der Waals surface area contributed by atoms with Gasteiger partial charge in [-0.25, -0.2) is 9.37 Å². The summed E-state index contributed by atoms with van der Waals surface area (Å²) in [5, 5.41) is 6.79. The Morgan fingerprint density at radius 1 is 1.11 bits per heavy atom. The zero-order chi connectivity index (χ0) is 19.2. The van der Waals surface area contributed by atoms with Crippen molar-refractivity contribution >= 4 is 23.2 Å². The molecule has 7 heteroatoms. The molecule has 1 aromatic heterocycles. The van der Waals surface area contributed by atoms with Crippen LogP contribution in [0.25, 0.3) is 10.6 Å². The van der Waals surface area contributed by atoms with Gasteiger partial charge in [0, 0.05) is 29.7 Å². The first-order chi connectivity index (χ1) is 13.8. The molecule has 5 nitrogen and oxygen atoms in total. The van der Waals surface area contributed by atoms with Gasteiger partial charge in [-0.2, -0.15) is 0 Å². The minimum absolute atomic E-state index is 0.254. The van der Waals surface area contributed by atoms with Crippen molar-refractivity contribution in [2.75, 3.05) is 31.2 Å². The molecule has 144 valence electrons. The highest BCUT2D eigenvalue weighted by Gasteiger charge is 2.10. The van der Waals surface area contributed by atoms with Crippen molar-refractivity contribution in [1.29, 1.82) is 0 Å². The molecule has 2 heterocycles. The van der Waals surface area contributed by atoms with E-state index in [1.807, 2.05) is 17.5 Å². The standard InChI is InChI=1S/C21H20FN3O2S/c22-18-5-3-17(4-6-18)21-24-19(15-28-21)14-27-23-13-16-1-7-20(8-2-16)25-9-11-26-12-10-25/h1-8,13,15H,9-12,14H2/b23-13+. The fourth-order valence-corrected chi connectivity index (χ4v) is 3.70. The van der Waals surface area contributed by atoms with Crippen LogP contribution in [-0.2, 0) is 16.2 Å². The molecule has 1 saturated heterocycles. The second kappa shape index (κ2) is 8.95. The zero-order valence-corrected chi connectivity index (χ0v) is 16.1. The van der Waals surface area contributed by atoms with Gasteiger partial charge in [-0.1, -0.05) is 17.3 Å². The van der Waals surface area contributed by atoms with Crippen LogP contribution in [0.5, 0.6) is 0 Å². The number of halogens is 1. The molecule has 0 aliphatic carbocycles. The Morgan fingerprint density at radius 3 is 2.61 bits per heavy atom. The predicted molar refractivity (Wildman–Crippen MR) is 109 cm³/mol. The average molecular weight is 397 g/mol. The third-order valence-corrected chi connectivity index (χ3v) is 5.34. The molecule has 28 heavy (non-hydrogen) atoms. The molecule has 0 radical (unpaired) electrons. The number of ether oxygens (including phenoxy) is 1. The Kier molecular flexibility index (Phi) is 5.94. The largest absolute Gasteiger partial charge is 0.389 e. The lowest BCUT2D eigenvalue weighted by Crippen LogP contribution is -2.36. The van der Waals surface area contributed by atoms with E-state index in [1.165, 1.54) is 29.2 Å². The zero-order valence-electron chi connectivity index (χ0n) is 15.3. The van der Waals surface area contributed by atoms with Gasteiger partial charge in [-0.3, -0.25) is 0 Å². The number of thiazole rings is 1. The number of benzene rings is 2. The lowest BCUT2D eigenvalue weighted by atomic mass is 10.2. The first-order valence-electron chi connectivity index (χ1n) is 9.06. The Hall–Kier alpha value is -2.77. The summed E-state index contributed by atoms with van der Waals surface area (Å²) in [5.41, 5.74) is 3.85. The van der Waals surface area contributed by atoms with E-state index in [1.54, 1.807) is 18.3 Å². The number of aromatic nitrogens is 1. The molecular formula is C21H20FN3O2S. The molecular weight excluding hydrogens is 377 g/mol. The topological polar surface area (TPSA) is 47.0 Å². The fourth-order valence-electron chi connectivity index (χ4n) is 2.89. The monoisotopic (exact) mass is 397 g/mol. The predicted octanol–water partition coefficient (Wildman–Crippen LogP) is 4.34. The summed E-state index contributed by atoms with van der Waals surface area (Å²) in [5.74, 6) is -0.254. The number of rotatable bonds is 6. The highest BCUT2D eigenvalue weighted by atomic mass is 32.1. The number of hydrogen-bond donors (Lipinski definition) is 0. The summed E-state index contributed by atoms with van der Waals surface area (Å²) < 4.78 is 18.4. The number of nitrogens with zero attached hydrogens (tertiary/aromatic N) is 3. The maximum Gasteiger partial charge on any atom is 0.159 e. The van der Waals surface area contributed by atoms with Gasteiger partial charge in [0.1, 0.15) is 10.8 Å². The van der Waals surface area contributed by atoms with Crippen LogP contribution < -0.4 is 4.90 Å². The normalized spacial score (nSPS) is 14.5. The Bertz CT molecular complexity index is 920. The van der Waals surface area contributed by atoms with Crippen molar-refractivity contribution < 1.29 is 14.0 Å². The molecule has 0 bridgehead atoms. The average Bonchev–Trinajstić information content (AvgIpc) is 3.22. The van der Waals surface area contributed by atoms with E-state index in [2.05, 4.69) is 27.2 Å². The van der Waals surface area contributed by atoms with Crippen LogP contribution in [0.4, 0.5) is 10.1 Å². The molecule has 0 saturated carbocycles. The van der Waals surface area contributed by atoms with Crippen molar-refractivity contribution in [3.63, 3.8) is 0 Å². The summed E-state index contributed by atoms with van der Waals surface area (Å²) in [6, 6.07) is 14.5. The number of morpholine rings is 1. The van der Waals surface area contributed by atoms with Crippen LogP contribution in [0.15, 0.2) is 59.1 Å². The van der Waals surface area contributed by atoms with Crippen LogP contribution in [0, 0.1) is 5.82 Å². The first kappa shape index (κ1) is 18.6. The van der Waals surface area contributed by atoms with Gasteiger partial charge in [-0.05, 0) is 42.0 Å². The minimum atomic E-state index is -0.254. The van der Waals surface area contributed by atoms with Gasteiger partial charge in [0.2, 0.25) is 0 Å². The van der Waals surface area contributed by atoms with Crippen molar-refractivity contribution in [2.24, 2.45) is 5.16 Å². The maximum atomic E-state index is 13.0. The highest BCUT2D eigenvalue weighted by Crippen LogP contribution is 2.24. The van der Waals surface area contributed by atoms with E-state index >= 15 is 0 Å². The van der Waals surface area contributed by atoms with Crippen LogP contribution in [0.2, 0.25) is 0 Å². The number of anilines is 1. The van der Waals surface area contributed by atoms with Gasteiger partial charge < -0.3 is 14.5 Å². The second-order valence-corrected chi connectivity index (χ2v) is 7.21. The maximum absolute atomic E-state index is 13.0. The summed E-state index contributed by atoms with van der Waals surface area (Å²) >= 11 is 1.50. The van der Waals surface area contributed by atoms with Crippen LogP contribution in [0.3, 0.4) is 0 Å². The molecule has 3 aromatic rings. The smallest absolute Gasteiger partial charge is 0.159 e. The first-order valence-corrected chi connectivity index (χ1v) is 9.94. The van der Waals surface area contributed by atoms with Gasteiger partial charge in [0.25, 0.3) is 0 Å². The van der Waals surface area contributed by atoms with Crippen LogP contribution >= 0.6 is 11.3 Å². The van der Waals surface area contributed by atoms with Crippen molar-refractivity contribution in [3.8, 4) is 10.6 Å². The van der Waals surface area contributed by atoms with Gasteiger partial charge in [0.15, 0.2) is 6.61 Å². The van der Waals surface area contributed by atoms with E-state index in [0.29, 0.717) is 6.61 Å². The number of hydrogen-bond acceptors (Lipinski definition) is 6. The van der Waals surface area contributed by atoms with Gasteiger partial charge >= 0.3 is 0 Å². The fraction of sp³-hybridized carbons (Fsp3) is 0.238. The SMILES string of the molecule is Fc1ccc(-c2nc(CO/N=C/c3ccc(N4CCOCC4)cc3)cs2)cc1. The summed E-state index contributed by atoms with van der Waals surface area (Å²) in [6.07, 6.45) is 1.69. The van der Waals surface area contributed by atoms with Crippen LogP contribution in [0.1, 0.15) is 11.3 Å². The van der Waals surface area contributed by atoms with Gasteiger partial charge in [0.05, 0.1) is 25.1 Å². The van der Waals surface area contributed by atoms with Crippen molar-refractivity contribution in [1.82, 2.24) is 4.98 Å². The number of oxime groups is 1. The van der Waals surface area contributed by atoms with E-state index in [0.717, 1.165) is 48.1 Å². The third kappa shape index (κ3) is 4.74. The van der Waals surface area contributed by atoms with E-state index in [9.17, 15) is 4.39 Å². The van der Waals surface area contributed by atoms with E-state index < -0.39 is 0 Å². The lowest BCUT2D eigenvalue weighted by Gasteiger charge is -2.28. The summed E-state index contributed by atoms with van der Waals surface area (Å²) in [6.45, 7) is 3.68. The Balaban J connectivity index is 1.29. The molecule has 1 aliphatic rings. The van der Waals surface area contributed by atoms with E-state index in [4.69, 9.17) is 9.57 Å². The lowest BCUT2D eigenvalue weighted by molar-refractivity contribution is 0.122. The van der Waals surface area contributed by atoms with Crippen LogP contribution in [-0.4, -0.2) is 37.5 Å². The molecule has 1 fully saturated rings. The second-order valence-electron chi connectivity index (χ2n) is 6.35. The quantitative estimate of drug-likeness (QED) is 0.459. The summed E-state index contributed by atoms with van der Waals surface area (Å²) in [4.78, 5) is 12.2. The van der Waals surface area contributed by atoms with E-state index in [-0.39, 0.29) is 5.82 Å². The molecule has 0 spiro atoms. The van der Waals surface area contributed by atoms with Crippen molar-refractivity contribution in [2.45, 2.75) is 6.61 Å². The minimum Gasteiger partial charge on any atom is -0.389 e. The van der Waals surface area contributed by atoms with Gasteiger partial charge in [-0.15, -0.1) is 11.3 Å². The summed E-state index contributed by atoms with van der Waals surface area (Å²) in [7, 11) is 0. The molecule has 0 N–H and O–H groups in total. The third-order valence-electron chi connectivity index (χ3n) is 4.40. The Labute approximate surface area is 167 Å². The molecule has 0 amide bonds. The molecule has 0 atom stereocenters. The molecule has 4 rings (SSSR count). The molecule has 0 unspecified atom stereocenters. The molecule has 2 aromatic carbocycles. The Morgan fingerprint density at radius 2 is 1.86 bits per heavy atom. The highest BCUT2D eigenvalue weighted by molar-refractivity contribution is 7.13. The van der Waals surface area contributed by atoms with Crippen molar-refractivity contribution in [3.05, 3.63) is 71.0 Å².